The van der Waals surface area contributed by atoms with Gasteiger partial charge in [-0.1, -0.05) is 30.3 Å². The molecule has 0 aliphatic carbocycles. The third-order valence-electron chi connectivity index (χ3n) is 5.24. The van der Waals surface area contributed by atoms with Crippen molar-refractivity contribution < 1.29 is 9.59 Å². The fraction of sp³-hybridized carbons (Fsp3) is 0.500. The van der Waals surface area contributed by atoms with E-state index >= 15 is 0 Å². The number of amides is 2. The Kier molecular flexibility index (Phi) is 4.74. The standard InChI is InChI=1S/C20H26N2O2/c1-16(2)21-14-6-12-20(19(21)24)13-7-15-22(20)18(23)11-10-17-8-4-3-5-9-17/h3-5,8-11,16H,6-7,12-15H2,1-2H3/b11-10+. The average Bonchev–Trinajstić information content (AvgIpc) is 3.00. The summed E-state index contributed by atoms with van der Waals surface area (Å²) in [5, 5.41) is 0. The molecule has 128 valence electrons. The van der Waals surface area contributed by atoms with Crippen molar-refractivity contribution in [3.05, 3.63) is 42.0 Å². The minimum Gasteiger partial charge on any atom is -0.338 e. The molecule has 0 saturated carbocycles. The Balaban J connectivity index is 1.81. The maximum absolute atomic E-state index is 13.1. The van der Waals surface area contributed by atoms with E-state index in [4.69, 9.17) is 0 Å². The molecule has 24 heavy (non-hydrogen) atoms. The van der Waals surface area contributed by atoms with Gasteiger partial charge in [-0.3, -0.25) is 9.59 Å². The van der Waals surface area contributed by atoms with Crippen LogP contribution in [-0.4, -0.2) is 46.3 Å². The Morgan fingerprint density at radius 3 is 2.46 bits per heavy atom. The molecule has 1 unspecified atom stereocenters. The molecule has 4 heteroatoms. The molecule has 2 amide bonds. The van der Waals surface area contributed by atoms with Gasteiger partial charge in [-0.15, -0.1) is 0 Å². The number of nitrogens with zero attached hydrogens (tertiary/aromatic N) is 2. The van der Waals surface area contributed by atoms with Gasteiger partial charge in [0.25, 0.3) is 0 Å². The molecule has 2 aliphatic heterocycles. The van der Waals surface area contributed by atoms with E-state index in [0.29, 0.717) is 6.54 Å². The molecule has 0 aromatic heterocycles. The van der Waals surface area contributed by atoms with Crippen molar-refractivity contribution in [2.45, 2.75) is 51.1 Å². The summed E-state index contributed by atoms with van der Waals surface area (Å²) in [4.78, 5) is 29.6. The number of carbonyl (C=O) groups is 2. The number of hydrogen-bond acceptors (Lipinski definition) is 2. The lowest BCUT2D eigenvalue weighted by Gasteiger charge is -2.45. The van der Waals surface area contributed by atoms with Crippen LogP contribution in [0.3, 0.4) is 0 Å². The largest absolute Gasteiger partial charge is 0.338 e. The van der Waals surface area contributed by atoms with E-state index in [1.165, 1.54) is 0 Å². The van der Waals surface area contributed by atoms with Crippen molar-refractivity contribution >= 4 is 17.9 Å². The van der Waals surface area contributed by atoms with E-state index in [-0.39, 0.29) is 17.9 Å². The molecule has 0 N–H and O–H groups in total. The van der Waals surface area contributed by atoms with Crippen molar-refractivity contribution in [2.75, 3.05) is 13.1 Å². The summed E-state index contributed by atoms with van der Waals surface area (Å²) in [5.41, 5.74) is 0.388. The zero-order valence-electron chi connectivity index (χ0n) is 14.6. The number of rotatable bonds is 3. The highest BCUT2D eigenvalue weighted by Crippen LogP contribution is 2.39. The third kappa shape index (κ3) is 2.97. The lowest BCUT2D eigenvalue weighted by Crippen LogP contribution is -2.62. The minimum atomic E-state index is -0.610. The van der Waals surface area contributed by atoms with Crippen LogP contribution in [0.15, 0.2) is 36.4 Å². The quantitative estimate of drug-likeness (QED) is 0.801. The first-order chi connectivity index (χ1) is 11.5. The summed E-state index contributed by atoms with van der Waals surface area (Å²) in [6, 6.07) is 9.98. The molecule has 0 radical (unpaired) electrons. The second-order valence-electron chi connectivity index (χ2n) is 7.06. The maximum atomic E-state index is 13.1. The minimum absolute atomic E-state index is 0.0460. The predicted octanol–water partition coefficient (Wildman–Crippen LogP) is 3.09. The topological polar surface area (TPSA) is 40.6 Å². The molecule has 0 bridgehead atoms. The SMILES string of the molecule is CC(C)N1CCCC2(CCCN2C(=O)/C=C/c2ccccc2)C1=O. The van der Waals surface area contributed by atoms with Gasteiger partial charge in [-0.2, -0.15) is 0 Å². The highest BCUT2D eigenvalue weighted by atomic mass is 16.2. The van der Waals surface area contributed by atoms with Crippen LogP contribution in [-0.2, 0) is 9.59 Å². The van der Waals surface area contributed by atoms with Crippen LogP contribution in [0.4, 0.5) is 0 Å². The lowest BCUT2D eigenvalue weighted by molar-refractivity contribution is -0.155. The van der Waals surface area contributed by atoms with Gasteiger partial charge in [0.15, 0.2) is 0 Å². The normalized spacial score (nSPS) is 24.5. The van der Waals surface area contributed by atoms with Gasteiger partial charge in [-0.05, 0) is 51.2 Å². The molecular weight excluding hydrogens is 300 g/mol. The Morgan fingerprint density at radius 1 is 1.12 bits per heavy atom. The Bertz CT molecular complexity index is 638. The van der Waals surface area contributed by atoms with Crippen LogP contribution >= 0.6 is 0 Å². The lowest BCUT2D eigenvalue weighted by atomic mass is 9.84. The van der Waals surface area contributed by atoms with Gasteiger partial charge in [0.2, 0.25) is 11.8 Å². The fourth-order valence-electron chi connectivity index (χ4n) is 4.01. The maximum Gasteiger partial charge on any atom is 0.248 e. The van der Waals surface area contributed by atoms with Gasteiger partial charge in [0, 0.05) is 25.2 Å². The zero-order chi connectivity index (χ0) is 17.2. The van der Waals surface area contributed by atoms with Crippen LogP contribution in [0.25, 0.3) is 6.08 Å². The predicted molar refractivity (Wildman–Crippen MR) is 95.2 cm³/mol. The van der Waals surface area contributed by atoms with E-state index in [1.54, 1.807) is 6.08 Å². The second-order valence-corrected chi connectivity index (χ2v) is 7.06. The van der Waals surface area contributed by atoms with Crippen LogP contribution in [0, 0.1) is 0 Å². The van der Waals surface area contributed by atoms with E-state index in [2.05, 4.69) is 0 Å². The monoisotopic (exact) mass is 326 g/mol. The van der Waals surface area contributed by atoms with Gasteiger partial charge in [0.1, 0.15) is 5.54 Å². The number of carbonyl (C=O) groups excluding carboxylic acids is 2. The number of piperidine rings is 1. The summed E-state index contributed by atoms with van der Waals surface area (Å²) in [6.45, 7) is 5.58. The second kappa shape index (κ2) is 6.80. The van der Waals surface area contributed by atoms with Gasteiger partial charge in [-0.25, -0.2) is 0 Å². The van der Waals surface area contributed by atoms with Crippen molar-refractivity contribution in [2.24, 2.45) is 0 Å². The van der Waals surface area contributed by atoms with Crippen molar-refractivity contribution in [1.82, 2.24) is 9.80 Å². The first-order valence-corrected chi connectivity index (χ1v) is 8.90. The zero-order valence-corrected chi connectivity index (χ0v) is 14.6. The fourth-order valence-corrected chi connectivity index (χ4v) is 4.01. The summed E-state index contributed by atoms with van der Waals surface area (Å²) in [7, 11) is 0. The third-order valence-corrected chi connectivity index (χ3v) is 5.24. The van der Waals surface area contributed by atoms with E-state index in [9.17, 15) is 9.59 Å². The van der Waals surface area contributed by atoms with E-state index in [1.807, 2.05) is 60.1 Å². The van der Waals surface area contributed by atoms with E-state index < -0.39 is 5.54 Å². The van der Waals surface area contributed by atoms with Gasteiger partial charge < -0.3 is 9.80 Å². The molecule has 1 aromatic rings. The molecule has 2 saturated heterocycles. The highest BCUT2D eigenvalue weighted by molar-refractivity contribution is 5.98. The molecule has 2 aliphatic rings. The van der Waals surface area contributed by atoms with Crippen LogP contribution in [0.5, 0.6) is 0 Å². The van der Waals surface area contributed by atoms with Gasteiger partial charge >= 0.3 is 0 Å². The first-order valence-electron chi connectivity index (χ1n) is 8.90. The van der Waals surface area contributed by atoms with Crippen LogP contribution in [0.2, 0.25) is 0 Å². The summed E-state index contributed by atoms with van der Waals surface area (Å²) >= 11 is 0. The molecule has 4 nitrogen and oxygen atoms in total. The number of likely N-dealkylation sites (tertiary alicyclic amines) is 2. The average molecular weight is 326 g/mol. The van der Waals surface area contributed by atoms with Gasteiger partial charge in [0.05, 0.1) is 0 Å². The first kappa shape index (κ1) is 16.7. The summed E-state index contributed by atoms with van der Waals surface area (Å²) in [6.07, 6.45) is 6.91. The molecule has 3 rings (SSSR count). The molecular formula is C20H26N2O2. The Morgan fingerprint density at radius 2 is 1.79 bits per heavy atom. The summed E-state index contributed by atoms with van der Waals surface area (Å²) < 4.78 is 0. The summed E-state index contributed by atoms with van der Waals surface area (Å²) in [5.74, 6) is 0.0954. The van der Waals surface area contributed by atoms with Crippen molar-refractivity contribution in [3.63, 3.8) is 0 Å². The smallest absolute Gasteiger partial charge is 0.248 e. The molecule has 2 fully saturated rings. The molecule has 1 atom stereocenters. The molecule has 1 aromatic carbocycles. The van der Waals surface area contributed by atoms with E-state index in [0.717, 1.165) is 37.8 Å². The molecule has 2 heterocycles. The van der Waals surface area contributed by atoms with Crippen LogP contribution < -0.4 is 0 Å². The Labute approximate surface area is 144 Å². The van der Waals surface area contributed by atoms with Crippen molar-refractivity contribution in [1.29, 1.82) is 0 Å². The number of benzene rings is 1. The molecule has 1 spiro atoms. The van der Waals surface area contributed by atoms with Crippen LogP contribution in [0.1, 0.15) is 45.1 Å². The number of hydrogen-bond donors (Lipinski definition) is 0. The highest BCUT2D eigenvalue weighted by Gasteiger charge is 2.52. The Hall–Kier alpha value is -2.10. The van der Waals surface area contributed by atoms with Crippen molar-refractivity contribution in [3.8, 4) is 0 Å².